The number of ether oxygens (including phenoxy) is 2. The molecule has 4 N–H and O–H groups in total. The van der Waals surface area contributed by atoms with E-state index in [4.69, 9.17) is 20.2 Å². The van der Waals surface area contributed by atoms with Crippen molar-refractivity contribution in [2.45, 2.75) is 37.8 Å². The van der Waals surface area contributed by atoms with E-state index in [1.165, 1.54) is 0 Å². The van der Waals surface area contributed by atoms with Gasteiger partial charge in [0.25, 0.3) is 0 Å². The van der Waals surface area contributed by atoms with Gasteiger partial charge in [-0.2, -0.15) is 4.98 Å². The van der Waals surface area contributed by atoms with E-state index in [1.54, 1.807) is 26.4 Å². The van der Waals surface area contributed by atoms with Crippen LogP contribution >= 0.6 is 0 Å². The van der Waals surface area contributed by atoms with Crippen molar-refractivity contribution in [2.75, 3.05) is 37.9 Å². The van der Waals surface area contributed by atoms with E-state index in [-0.39, 0.29) is 5.91 Å². The fourth-order valence-corrected chi connectivity index (χ4v) is 6.26. The lowest BCUT2D eigenvalue weighted by Crippen LogP contribution is -2.52. The number of aromatic nitrogens is 2. The summed E-state index contributed by atoms with van der Waals surface area (Å²) in [6, 6.07) is 21.2. The lowest BCUT2D eigenvalue weighted by atomic mass is 9.72. The van der Waals surface area contributed by atoms with Crippen molar-refractivity contribution >= 4 is 28.6 Å². The number of anilines is 2. The van der Waals surface area contributed by atoms with Crippen LogP contribution in [0.25, 0.3) is 10.9 Å². The van der Waals surface area contributed by atoms with E-state index in [9.17, 15) is 9.90 Å². The second kappa shape index (κ2) is 10.9. The van der Waals surface area contributed by atoms with Gasteiger partial charge in [-0.3, -0.25) is 4.79 Å². The monoisotopic (exact) mass is 553 g/mol. The first-order valence-electron chi connectivity index (χ1n) is 14.0. The Morgan fingerprint density at radius 2 is 1.71 bits per heavy atom. The van der Waals surface area contributed by atoms with Crippen molar-refractivity contribution in [2.24, 2.45) is 5.41 Å². The van der Waals surface area contributed by atoms with Crippen molar-refractivity contribution in [3.8, 4) is 11.5 Å². The molecule has 0 unspecified atom stereocenters. The number of nitrogens with zero attached hydrogens (tertiary/aromatic N) is 3. The topological polar surface area (TPSA) is 123 Å². The number of aliphatic hydroxyl groups excluding tert-OH is 1. The lowest BCUT2D eigenvalue weighted by Gasteiger charge is -2.41. The van der Waals surface area contributed by atoms with Crippen LogP contribution in [0.15, 0.2) is 66.7 Å². The maximum atomic E-state index is 14.1. The quantitative estimate of drug-likeness (QED) is 0.316. The van der Waals surface area contributed by atoms with E-state index < -0.39 is 17.6 Å². The molecule has 2 atom stereocenters. The van der Waals surface area contributed by atoms with Gasteiger partial charge >= 0.3 is 0 Å². The molecule has 212 valence electrons. The molecule has 9 nitrogen and oxygen atoms in total. The molecule has 1 aliphatic carbocycles. The Morgan fingerprint density at radius 1 is 1.02 bits per heavy atom. The minimum atomic E-state index is -0.645. The summed E-state index contributed by atoms with van der Waals surface area (Å²) in [7, 11) is 3.16. The van der Waals surface area contributed by atoms with Gasteiger partial charge in [0.05, 0.1) is 37.3 Å². The predicted octanol–water partition coefficient (Wildman–Crippen LogP) is 3.83. The molecule has 1 fully saturated rings. The van der Waals surface area contributed by atoms with Crippen molar-refractivity contribution in [1.82, 2.24) is 15.3 Å². The van der Waals surface area contributed by atoms with Gasteiger partial charge in [-0.05, 0) is 42.0 Å². The maximum absolute atomic E-state index is 14.1. The van der Waals surface area contributed by atoms with E-state index >= 15 is 0 Å². The highest BCUT2D eigenvalue weighted by Crippen LogP contribution is 2.40. The molecule has 1 saturated heterocycles. The largest absolute Gasteiger partial charge is 0.493 e. The molecule has 9 heteroatoms. The molecule has 0 saturated carbocycles. The first-order chi connectivity index (χ1) is 19.9. The number of nitrogen functional groups attached to an aromatic ring is 1. The lowest BCUT2D eigenvalue weighted by molar-refractivity contribution is -0.134. The molecular formula is C32H35N5O4. The average molecular weight is 554 g/mol. The first-order valence-corrected chi connectivity index (χ1v) is 14.0. The Hall–Kier alpha value is -4.37. The molecule has 4 aromatic rings. The van der Waals surface area contributed by atoms with Crippen molar-refractivity contribution < 1.29 is 19.4 Å². The number of fused-ring (bicyclic) bond motifs is 2. The summed E-state index contributed by atoms with van der Waals surface area (Å²) < 4.78 is 10.9. The molecule has 1 aromatic heterocycles. The van der Waals surface area contributed by atoms with Gasteiger partial charge in [-0.1, -0.05) is 54.6 Å². The van der Waals surface area contributed by atoms with E-state index in [1.807, 2.05) is 42.5 Å². The number of hydrogen-bond donors (Lipinski definition) is 3. The number of piperidine rings is 1. The summed E-state index contributed by atoms with van der Waals surface area (Å²) in [6.07, 6.45) is 1.71. The number of amides is 1. The van der Waals surface area contributed by atoms with Crippen molar-refractivity contribution in [3.63, 3.8) is 0 Å². The van der Waals surface area contributed by atoms with Crippen LogP contribution in [0.3, 0.4) is 0 Å². The number of carbonyl (C=O) groups excluding carboxylic acids is 1. The van der Waals surface area contributed by atoms with Crippen LogP contribution in [-0.4, -0.2) is 54.4 Å². The van der Waals surface area contributed by atoms with Gasteiger partial charge in [0.2, 0.25) is 11.9 Å². The van der Waals surface area contributed by atoms with Crippen LogP contribution in [0.4, 0.5) is 11.8 Å². The van der Waals surface area contributed by atoms with Crippen molar-refractivity contribution in [1.29, 1.82) is 0 Å². The second-order valence-electron chi connectivity index (χ2n) is 11.0. The molecular weight excluding hydrogens is 518 g/mol. The zero-order chi connectivity index (χ0) is 28.6. The van der Waals surface area contributed by atoms with Crippen LogP contribution in [-0.2, 0) is 17.6 Å². The highest BCUT2D eigenvalue weighted by atomic mass is 16.5. The number of hydrogen-bond acceptors (Lipinski definition) is 8. The van der Waals surface area contributed by atoms with E-state index in [0.717, 1.165) is 16.7 Å². The van der Waals surface area contributed by atoms with Crippen molar-refractivity contribution in [3.05, 3.63) is 83.4 Å². The summed E-state index contributed by atoms with van der Waals surface area (Å²) >= 11 is 0. The first kappa shape index (κ1) is 26.8. The molecule has 3 aromatic carbocycles. The molecule has 1 aliphatic heterocycles. The highest BCUT2D eigenvalue weighted by molar-refractivity contribution is 5.92. The number of carbonyl (C=O) groups is 1. The molecule has 2 aliphatic rings. The summed E-state index contributed by atoms with van der Waals surface area (Å²) in [5, 5.41) is 14.8. The molecule has 1 amide bonds. The Kier molecular flexibility index (Phi) is 7.13. The van der Waals surface area contributed by atoms with Crippen LogP contribution in [0.1, 0.15) is 35.6 Å². The van der Waals surface area contributed by atoms with E-state index in [2.05, 4.69) is 27.3 Å². The third-order valence-corrected chi connectivity index (χ3v) is 8.58. The third kappa shape index (κ3) is 5.02. The standard InChI is InChI=1S/C32H35N5O4/c1-40-26-17-23-24(18-27(26)41-2)34-31(36-29(23)33)37-14-12-32(13-15-37,19-20-8-4-3-5-9-20)30(39)35-28-22-11-7-6-10-21(22)16-25(28)38/h3-11,17-18,25,28,38H,12-16,19H2,1-2H3,(H,35,39)(H2,33,34,36)/t25-,28-/m0/s1. The zero-order valence-corrected chi connectivity index (χ0v) is 23.3. The molecule has 0 bridgehead atoms. The molecule has 2 heterocycles. The van der Waals surface area contributed by atoms with Gasteiger partial charge in [0, 0.05) is 31.0 Å². The second-order valence-corrected chi connectivity index (χ2v) is 11.0. The van der Waals surface area contributed by atoms with Crippen LogP contribution in [0, 0.1) is 5.41 Å². The number of methoxy groups -OCH3 is 2. The van der Waals surface area contributed by atoms with Gasteiger partial charge in [0.1, 0.15) is 5.82 Å². The normalized spacial score (nSPS) is 19.5. The minimum absolute atomic E-state index is 0.0301. The Morgan fingerprint density at radius 3 is 2.44 bits per heavy atom. The fraction of sp³-hybridized carbons (Fsp3) is 0.344. The summed E-state index contributed by atoms with van der Waals surface area (Å²) in [6.45, 7) is 1.17. The molecule has 41 heavy (non-hydrogen) atoms. The molecule has 6 rings (SSSR count). The Bertz CT molecular complexity index is 1570. The third-order valence-electron chi connectivity index (χ3n) is 8.58. The van der Waals surface area contributed by atoms with Gasteiger partial charge in [0.15, 0.2) is 11.5 Å². The van der Waals surface area contributed by atoms with Crippen LogP contribution in [0.2, 0.25) is 0 Å². The maximum Gasteiger partial charge on any atom is 0.227 e. The van der Waals surface area contributed by atoms with Gasteiger partial charge < -0.3 is 30.5 Å². The number of rotatable bonds is 7. The molecule has 0 spiro atoms. The van der Waals surface area contributed by atoms with E-state index in [0.29, 0.717) is 72.9 Å². The summed E-state index contributed by atoms with van der Waals surface area (Å²) in [5.74, 6) is 1.98. The minimum Gasteiger partial charge on any atom is -0.493 e. The average Bonchev–Trinajstić information content (AvgIpc) is 3.31. The predicted molar refractivity (Wildman–Crippen MR) is 158 cm³/mol. The van der Waals surface area contributed by atoms with Crippen LogP contribution in [0.5, 0.6) is 11.5 Å². The van der Waals surface area contributed by atoms with Crippen LogP contribution < -0.4 is 25.4 Å². The highest BCUT2D eigenvalue weighted by Gasteiger charge is 2.44. The molecule has 0 radical (unpaired) electrons. The Labute approximate surface area is 239 Å². The SMILES string of the molecule is COc1cc2nc(N3CCC(Cc4ccccc4)(C(=O)N[C@H]4c5ccccc5C[C@@H]4O)CC3)nc(N)c2cc1OC. The summed E-state index contributed by atoms with van der Waals surface area (Å²) in [5.41, 5.74) is 9.57. The smallest absolute Gasteiger partial charge is 0.227 e. The number of aliphatic hydroxyl groups is 1. The zero-order valence-electron chi connectivity index (χ0n) is 23.3. The van der Waals surface area contributed by atoms with Gasteiger partial charge in [-0.15, -0.1) is 0 Å². The Balaban J connectivity index is 1.27. The fourth-order valence-electron chi connectivity index (χ4n) is 6.26. The van der Waals surface area contributed by atoms with Gasteiger partial charge in [-0.25, -0.2) is 4.98 Å². The summed E-state index contributed by atoms with van der Waals surface area (Å²) in [4.78, 5) is 25.6. The number of nitrogens with two attached hydrogens (primary N) is 1. The number of benzene rings is 3. The number of nitrogens with one attached hydrogen (secondary N) is 1.